The van der Waals surface area contributed by atoms with E-state index in [1.54, 1.807) is 6.07 Å². The standard InChI is InChI=1S/C9H14ClN3O/c1-7(2)14-9-5-8(11-4-3-10)12-6-13-9/h5-7H,3-4H2,1-2H3,(H,11,12,13). The Morgan fingerprint density at radius 1 is 1.50 bits per heavy atom. The maximum atomic E-state index is 5.54. The van der Waals surface area contributed by atoms with Crippen LogP contribution >= 0.6 is 11.6 Å². The van der Waals surface area contributed by atoms with Gasteiger partial charge in [0.2, 0.25) is 5.88 Å². The summed E-state index contributed by atoms with van der Waals surface area (Å²) in [4.78, 5) is 8.00. The number of ether oxygens (including phenoxy) is 1. The fourth-order valence-corrected chi connectivity index (χ4v) is 1.01. The van der Waals surface area contributed by atoms with Crippen LogP contribution in [-0.2, 0) is 0 Å². The summed E-state index contributed by atoms with van der Waals surface area (Å²) < 4.78 is 5.41. The molecule has 1 N–H and O–H groups in total. The molecule has 0 atom stereocenters. The molecule has 0 unspecified atom stereocenters. The maximum Gasteiger partial charge on any atom is 0.218 e. The van der Waals surface area contributed by atoms with E-state index in [1.807, 2.05) is 13.8 Å². The number of anilines is 1. The third kappa shape index (κ3) is 3.79. The predicted molar refractivity (Wildman–Crippen MR) is 57.0 cm³/mol. The average molecular weight is 216 g/mol. The number of nitrogens with zero attached hydrogens (tertiary/aromatic N) is 2. The summed E-state index contributed by atoms with van der Waals surface area (Å²) in [6.07, 6.45) is 1.58. The first-order valence-corrected chi connectivity index (χ1v) is 5.04. The molecule has 78 valence electrons. The largest absolute Gasteiger partial charge is 0.475 e. The zero-order valence-corrected chi connectivity index (χ0v) is 9.08. The van der Waals surface area contributed by atoms with Crippen LogP contribution in [0.2, 0.25) is 0 Å². The molecular weight excluding hydrogens is 202 g/mol. The van der Waals surface area contributed by atoms with Gasteiger partial charge in [0.15, 0.2) is 0 Å². The van der Waals surface area contributed by atoms with E-state index in [0.29, 0.717) is 18.3 Å². The van der Waals surface area contributed by atoms with Crippen LogP contribution in [0, 0.1) is 0 Å². The van der Waals surface area contributed by atoms with Gasteiger partial charge < -0.3 is 10.1 Å². The van der Waals surface area contributed by atoms with Crippen LogP contribution in [0.15, 0.2) is 12.4 Å². The lowest BCUT2D eigenvalue weighted by molar-refractivity contribution is 0.232. The van der Waals surface area contributed by atoms with Gasteiger partial charge >= 0.3 is 0 Å². The Balaban J connectivity index is 2.59. The van der Waals surface area contributed by atoms with Crippen molar-refractivity contribution in [2.45, 2.75) is 20.0 Å². The second-order valence-corrected chi connectivity index (χ2v) is 3.40. The van der Waals surface area contributed by atoms with Gasteiger partial charge in [-0.3, -0.25) is 0 Å². The second-order valence-electron chi connectivity index (χ2n) is 3.02. The molecule has 1 rings (SSSR count). The Bertz CT molecular complexity index is 281. The van der Waals surface area contributed by atoms with Crippen LogP contribution in [0.25, 0.3) is 0 Å². The smallest absolute Gasteiger partial charge is 0.218 e. The fourth-order valence-electron chi connectivity index (χ4n) is 0.917. The fraction of sp³-hybridized carbons (Fsp3) is 0.556. The number of hydrogen-bond donors (Lipinski definition) is 1. The lowest BCUT2D eigenvalue weighted by Gasteiger charge is -2.09. The van der Waals surface area contributed by atoms with E-state index in [2.05, 4.69) is 15.3 Å². The molecule has 4 nitrogen and oxygen atoms in total. The van der Waals surface area contributed by atoms with Crippen molar-refractivity contribution in [3.05, 3.63) is 12.4 Å². The summed E-state index contributed by atoms with van der Waals surface area (Å²) in [5, 5.41) is 3.04. The van der Waals surface area contributed by atoms with Crippen molar-refractivity contribution in [1.82, 2.24) is 9.97 Å². The van der Waals surface area contributed by atoms with Gasteiger partial charge in [0.1, 0.15) is 12.1 Å². The molecule has 0 fully saturated rings. The molecule has 1 heterocycles. The van der Waals surface area contributed by atoms with E-state index in [4.69, 9.17) is 16.3 Å². The first-order valence-electron chi connectivity index (χ1n) is 4.51. The van der Waals surface area contributed by atoms with Crippen LogP contribution in [0.4, 0.5) is 5.82 Å². The van der Waals surface area contributed by atoms with Gasteiger partial charge in [-0.15, -0.1) is 11.6 Å². The highest BCUT2D eigenvalue weighted by Crippen LogP contribution is 2.11. The molecule has 0 amide bonds. The van der Waals surface area contributed by atoms with E-state index in [0.717, 1.165) is 5.82 Å². The van der Waals surface area contributed by atoms with Crippen molar-refractivity contribution < 1.29 is 4.74 Å². The van der Waals surface area contributed by atoms with Gasteiger partial charge in [-0.25, -0.2) is 9.97 Å². The SMILES string of the molecule is CC(C)Oc1cc(NCCCl)ncn1. The summed E-state index contributed by atoms with van der Waals surface area (Å²) in [7, 11) is 0. The normalized spacial score (nSPS) is 10.3. The molecule has 0 bridgehead atoms. The maximum absolute atomic E-state index is 5.54. The molecular formula is C9H14ClN3O. The van der Waals surface area contributed by atoms with E-state index < -0.39 is 0 Å². The third-order valence-corrected chi connectivity index (χ3v) is 1.59. The van der Waals surface area contributed by atoms with E-state index >= 15 is 0 Å². The molecule has 0 saturated heterocycles. The highest BCUT2D eigenvalue weighted by molar-refractivity contribution is 6.18. The van der Waals surface area contributed by atoms with Crippen molar-refractivity contribution in [2.75, 3.05) is 17.7 Å². The number of alkyl halides is 1. The topological polar surface area (TPSA) is 47.0 Å². The second kappa shape index (κ2) is 5.65. The number of rotatable bonds is 5. The zero-order chi connectivity index (χ0) is 10.4. The first-order chi connectivity index (χ1) is 6.72. The van der Waals surface area contributed by atoms with Crippen LogP contribution in [0.5, 0.6) is 5.88 Å². The van der Waals surface area contributed by atoms with Gasteiger partial charge in [-0.2, -0.15) is 0 Å². The average Bonchev–Trinajstić information content (AvgIpc) is 2.14. The summed E-state index contributed by atoms with van der Waals surface area (Å²) in [6, 6.07) is 1.76. The van der Waals surface area contributed by atoms with Gasteiger partial charge in [-0.1, -0.05) is 0 Å². The van der Waals surface area contributed by atoms with E-state index in [1.165, 1.54) is 6.33 Å². The number of nitrogens with one attached hydrogen (secondary N) is 1. The molecule has 0 aliphatic carbocycles. The molecule has 1 aromatic heterocycles. The Morgan fingerprint density at radius 2 is 2.29 bits per heavy atom. The van der Waals surface area contributed by atoms with Crippen molar-refractivity contribution in [3.8, 4) is 5.88 Å². The molecule has 0 saturated carbocycles. The minimum Gasteiger partial charge on any atom is -0.475 e. The molecule has 5 heteroatoms. The summed E-state index contributed by atoms with van der Waals surface area (Å²) >= 11 is 5.54. The molecule has 0 spiro atoms. The van der Waals surface area contributed by atoms with Crippen molar-refractivity contribution in [2.24, 2.45) is 0 Å². The molecule has 0 radical (unpaired) electrons. The Morgan fingerprint density at radius 3 is 2.93 bits per heavy atom. The molecule has 0 aliphatic heterocycles. The van der Waals surface area contributed by atoms with E-state index in [9.17, 15) is 0 Å². The van der Waals surface area contributed by atoms with Crippen molar-refractivity contribution in [3.63, 3.8) is 0 Å². The lowest BCUT2D eigenvalue weighted by atomic mass is 10.5. The third-order valence-electron chi connectivity index (χ3n) is 1.40. The summed E-state index contributed by atoms with van der Waals surface area (Å²) in [5.41, 5.74) is 0. The van der Waals surface area contributed by atoms with Crippen LogP contribution < -0.4 is 10.1 Å². The van der Waals surface area contributed by atoms with Crippen molar-refractivity contribution >= 4 is 17.4 Å². The lowest BCUT2D eigenvalue weighted by Crippen LogP contribution is -2.09. The highest BCUT2D eigenvalue weighted by atomic mass is 35.5. The quantitative estimate of drug-likeness (QED) is 0.763. The zero-order valence-electron chi connectivity index (χ0n) is 8.33. The number of hydrogen-bond acceptors (Lipinski definition) is 4. The summed E-state index contributed by atoms with van der Waals surface area (Å²) in [5.74, 6) is 1.85. The Labute approximate surface area is 88.7 Å². The van der Waals surface area contributed by atoms with E-state index in [-0.39, 0.29) is 6.10 Å². The highest BCUT2D eigenvalue weighted by Gasteiger charge is 2.00. The van der Waals surface area contributed by atoms with Gasteiger partial charge in [0, 0.05) is 18.5 Å². The van der Waals surface area contributed by atoms with Gasteiger partial charge in [0.05, 0.1) is 6.10 Å². The molecule has 1 aromatic rings. The minimum atomic E-state index is 0.116. The monoisotopic (exact) mass is 215 g/mol. The van der Waals surface area contributed by atoms with Crippen molar-refractivity contribution in [1.29, 1.82) is 0 Å². The minimum absolute atomic E-state index is 0.116. The first kappa shape index (κ1) is 11.0. The predicted octanol–water partition coefficient (Wildman–Crippen LogP) is 1.91. The molecule has 0 aromatic carbocycles. The van der Waals surface area contributed by atoms with Crippen LogP contribution in [0.1, 0.15) is 13.8 Å². The van der Waals surface area contributed by atoms with Crippen LogP contribution in [-0.4, -0.2) is 28.5 Å². The Hall–Kier alpha value is -1.03. The Kier molecular flexibility index (Phi) is 4.46. The van der Waals surface area contributed by atoms with Gasteiger partial charge in [0.25, 0.3) is 0 Å². The van der Waals surface area contributed by atoms with Gasteiger partial charge in [-0.05, 0) is 13.8 Å². The number of aromatic nitrogens is 2. The van der Waals surface area contributed by atoms with Crippen LogP contribution in [0.3, 0.4) is 0 Å². The summed E-state index contributed by atoms with van der Waals surface area (Å²) in [6.45, 7) is 4.58. The molecule has 14 heavy (non-hydrogen) atoms. The molecule has 0 aliphatic rings. The number of halogens is 1.